The third-order valence-corrected chi connectivity index (χ3v) is 8.72. The summed E-state index contributed by atoms with van der Waals surface area (Å²) in [6.07, 6.45) is 4.02. The van der Waals surface area contributed by atoms with Crippen LogP contribution in [-0.4, -0.2) is 29.9 Å². The van der Waals surface area contributed by atoms with E-state index in [-0.39, 0.29) is 21.6 Å². The average Bonchev–Trinajstić information content (AvgIpc) is 3.16. The minimum Gasteiger partial charge on any atom is -0.399 e. The summed E-state index contributed by atoms with van der Waals surface area (Å²) in [4.78, 5) is 15.5. The first-order valence-corrected chi connectivity index (χ1v) is 13.9. The summed E-state index contributed by atoms with van der Waals surface area (Å²) in [7, 11) is 0. The van der Waals surface area contributed by atoms with E-state index in [1.807, 2.05) is 12.1 Å². The van der Waals surface area contributed by atoms with E-state index in [1.54, 1.807) is 0 Å². The van der Waals surface area contributed by atoms with Gasteiger partial charge in [-0.15, -0.1) is 12.6 Å². The standard InChI is InChI=1S/C25H32N4O.C6H4F2S/c1-24(2)16-29(15-17-7-4-3-5-8-17)12-9-21(24)27-20-14-18(26)13-19-22(20)28-23(30)25(19)10-6-11-25;7-4-1-2-6(9)5(8)3-4/h3-5,7-8,13-14,21,27H,6,9-12,15-16,26H2,1-2H3,(H,28,30);1-3,9H. The van der Waals surface area contributed by atoms with E-state index >= 15 is 0 Å². The quantitative estimate of drug-likeness (QED) is 0.218. The molecule has 6 rings (SSSR count). The fraction of sp³-hybridized carbons (Fsp3) is 0.387. The van der Waals surface area contributed by atoms with Crippen molar-refractivity contribution in [3.8, 4) is 0 Å². The molecule has 2 fully saturated rings. The second kappa shape index (κ2) is 10.8. The Labute approximate surface area is 234 Å². The molecule has 2 aliphatic heterocycles. The summed E-state index contributed by atoms with van der Waals surface area (Å²) in [5.41, 5.74) is 11.2. The highest BCUT2D eigenvalue weighted by atomic mass is 32.1. The zero-order valence-corrected chi connectivity index (χ0v) is 23.3. The van der Waals surface area contributed by atoms with Gasteiger partial charge in [0.2, 0.25) is 5.91 Å². The average molecular weight is 551 g/mol. The van der Waals surface area contributed by atoms with Crippen LogP contribution in [0.3, 0.4) is 0 Å². The van der Waals surface area contributed by atoms with Crippen LogP contribution in [0, 0.1) is 17.0 Å². The first-order chi connectivity index (χ1) is 18.6. The van der Waals surface area contributed by atoms with Gasteiger partial charge in [-0.3, -0.25) is 9.69 Å². The van der Waals surface area contributed by atoms with E-state index in [4.69, 9.17) is 5.73 Å². The predicted molar refractivity (Wildman–Crippen MR) is 156 cm³/mol. The van der Waals surface area contributed by atoms with Crippen LogP contribution in [0.15, 0.2) is 65.6 Å². The number of nitrogens with zero attached hydrogens (tertiary/aromatic N) is 1. The molecule has 1 saturated heterocycles. The maximum Gasteiger partial charge on any atom is 0.235 e. The van der Waals surface area contributed by atoms with Gasteiger partial charge in [0.1, 0.15) is 11.6 Å². The normalized spacial score (nSPS) is 20.8. The first kappa shape index (κ1) is 27.5. The van der Waals surface area contributed by atoms with E-state index < -0.39 is 11.6 Å². The van der Waals surface area contributed by atoms with Crippen molar-refractivity contribution in [2.75, 3.05) is 29.5 Å². The summed E-state index contributed by atoms with van der Waals surface area (Å²) < 4.78 is 24.3. The number of benzene rings is 3. The summed E-state index contributed by atoms with van der Waals surface area (Å²) in [6, 6.07) is 18.2. The molecule has 8 heteroatoms. The van der Waals surface area contributed by atoms with Crippen LogP contribution in [0.1, 0.15) is 50.7 Å². The van der Waals surface area contributed by atoms with Gasteiger partial charge in [0.25, 0.3) is 0 Å². The Morgan fingerprint density at radius 3 is 2.46 bits per heavy atom. The lowest BCUT2D eigenvalue weighted by Gasteiger charge is -2.45. The van der Waals surface area contributed by atoms with Gasteiger partial charge in [0, 0.05) is 42.3 Å². The van der Waals surface area contributed by atoms with Gasteiger partial charge in [-0.25, -0.2) is 8.78 Å². The number of carbonyl (C=O) groups is 1. The Morgan fingerprint density at radius 2 is 1.85 bits per heavy atom. The highest BCUT2D eigenvalue weighted by molar-refractivity contribution is 7.80. The van der Waals surface area contributed by atoms with E-state index in [2.05, 4.69) is 72.3 Å². The summed E-state index contributed by atoms with van der Waals surface area (Å²) in [5.74, 6) is -1.06. The number of anilines is 3. The number of hydrogen-bond acceptors (Lipinski definition) is 5. The molecule has 1 spiro atoms. The molecule has 1 amide bonds. The van der Waals surface area contributed by atoms with Crippen LogP contribution in [-0.2, 0) is 16.8 Å². The maximum atomic E-state index is 12.7. The number of nitrogens with one attached hydrogen (secondary N) is 2. The van der Waals surface area contributed by atoms with Crippen LogP contribution in [0.4, 0.5) is 25.8 Å². The number of nitrogen functional groups attached to an aromatic ring is 1. The molecule has 4 N–H and O–H groups in total. The van der Waals surface area contributed by atoms with E-state index in [0.29, 0.717) is 6.04 Å². The van der Waals surface area contributed by atoms with Crippen LogP contribution in [0.2, 0.25) is 0 Å². The number of piperidine rings is 1. The van der Waals surface area contributed by atoms with Gasteiger partial charge in [-0.1, -0.05) is 50.6 Å². The molecule has 39 heavy (non-hydrogen) atoms. The highest BCUT2D eigenvalue weighted by Gasteiger charge is 2.52. The molecule has 206 valence electrons. The molecular weight excluding hydrogens is 514 g/mol. The Kier molecular flexibility index (Phi) is 7.62. The van der Waals surface area contributed by atoms with Crippen molar-refractivity contribution in [2.24, 2.45) is 5.41 Å². The lowest BCUT2D eigenvalue weighted by molar-refractivity contribution is -0.123. The molecule has 3 aromatic carbocycles. The minimum absolute atomic E-state index is 0.0985. The SMILES string of the molecule is CC1(C)CN(Cc2ccccc2)CCC1Nc1cc(N)cc2c1NC(=O)C21CCC1.Fc1ccc(S)c(F)c1. The van der Waals surface area contributed by atoms with Gasteiger partial charge >= 0.3 is 0 Å². The van der Waals surface area contributed by atoms with Gasteiger partial charge in [0.15, 0.2) is 0 Å². The number of nitrogens with two attached hydrogens (primary N) is 1. The Bertz CT molecular complexity index is 1360. The summed E-state index contributed by atoms with van der Waals surface area (Å²) >= 11 is 3.70. The fourth-order valence-corrected chi connectivity index (χ4v) is 6.19. The zero-order valence-electron chi connectivity index (χ0n) is 22.4. The van der Waals surface area contributed by atoms with Gasteiger partial charge in [-0.2, -0.15) is 0 Å². The number of thiol groups is 1. The number of halogens is 2. The lowest BCUT2D eigenvalue weighted by Crippen LogP contribution is -2.51. The lowest BCUT2D eigenvalue weighted by atomic mass is 9.65. The van der Waals surface area contributed by atoms with Gasteiger partial charge in [0.05, 0.1) is 16.8 Å². The van der Waals surface area contributed by atoms with E-state index in [0.717, 1.165) is 80.1 Å². The van der Waals surface area contributed by atoms with E-state index in [1.165, 1.54) is 11.6 Å². The summed E-state index contributed by atoms with van der Waals surface area (Å²) in [5, 5.41) is 6.96. The number of likely N-dealkylation sites (tertiary alicyclic amines) is 1. The molecule has 3 aromatic rings. The topological polar surface area (TPSA) is 70.4 Å². The van der Waals surface area contributed by atoms with Gasteiger partial charge in [-0.05, 0) is 60.1 Å². The maximum absolute atomic E-state index is 12.7. The van der Waals surface area contributed by atoms with Crippen LogP contribution in [0.5, 0.6) is 0 Å². The molecule has 3 aliphatic rings. The molecule has 0 bridgehead atoms. The van der Waals surface area contributed by atoms with Crippen molar-refractivity contribution in [3.05, 3.63) is 83.4 Å². The number of fused-ring (bicyclic) bond motifs is 2. The van der Waals surface area contributed by atoms with Crippen molar-refractivity contribution in [1.29, 1.82) is 0 Å². The molecule has 1 saturated carbocycles. The number of amides is 1. The van der Waals surface area contributed by atoms with Crippen molar-refractivity contribution in [2.45, 2.75) is 62.4 Å². The molecule has 5 nitrogen and oxygen atoms in total. The fourth-order valence-electron chi connectivity index (χ4n) is 6.05. The number of hydrogen-bond donors (Lipinski definition) is 4. The van der Waals surface area contributed by atoms with E-state index in [9.17, 15) is 13.6 Å². The smallest absolute Gasteiger partial charge is 0.235 e. The second-order valence-corrected chi connectivity index (χ2v) is 12.1. The molecule has 1 aliphatic carbocycles. The van der Waals surface area contributed by atoms with Gasteiger partial charge < -0.3 is 16.4 Å². The highest BCUT2D eigenvalue weighted by Crippen LogP contribution is 2.54. The predicted octanol–water partition coefficient (Wildman–Crippen LogP) is 6.61. The Hall–Kier alpha value is -3.10. The van der Waals surface area contributed by atoms with Crippen molar-refractivity contribution in [3.63, 3.8) is 0 Å². The Balaban J connectivity index is 0.000000292. The largest absolute Gasteiger partial charge is 0.399 e. The molecule has 0 aromatic heterocycles. The van der Waals surface area contributed by atoms with Crippen LogP contribution >= 0.6 is 12.6 Å². The summed E-state index contributed by atoms with van der Waals surface area (Å²) in [6.45, 7) is 7.74. The van der Waals surface area contributed by atoms with Crippen molar-refractivity contribution in [1.82, 2.24) is 4.90 Å². The Morgan fingerprint density at radius 1 is 1.10 bits per heavy atom. The van der Waals surface area contributed by atoms with Crippen LogP contribution < -0.4 is 16.4 Å². The number of rotatable bonds is 4. The third-order valence-electron chi connectivity index (χ3n) is 8.35. The molecule has 1 atom stereocenters. The molecule has 0 radical (unpaired) electrons. The van der Waals surface area contributed by atoms with Crippen molar-refractivity contribution >= 4 is 35.6 Å². The number of carbonyl (C=O) groups excluding carboxylic acids is 1. The van der Waals surface area contributed by atoms with Crippen molar-refractivity contribution < 1.29 is 13.6 Å². The monoisotopic (exact) mass is 550 g/mol. The molecule has 1 unspecified atom stereocenters. The minimum atomic E-state index is -0.627. The van der Waals surface area contributed by atoms with Crippen LogP contribution in [0.25, 0.3) is 0 Å². The first-order valence-electron chi connectivity index (χ1n) is 13.5. The second-order valence-electron chi connectivity index (χ2n) is 11.6. The molecular formula is C31H36F2N4OS. The molecule has 2 heterocycles. The third kappa shape index (κ3) is 5.63. The zero-order chi connectivity index (χ0) is 27.8.